The lowest BCUT2D eigenvalue weighted by Gasteiger charge is -2.21. The van der Waals surface area contributed by atoms with E-state index in [0.29, 0.717) is 0 Å². The van der Waals surface area contributed by atoms with Crippen LogP contribution in [0.1, 0.15) is 31.9 Å². The van der Waals surface area contributed by atoms with Gasteiger partial charge >= 0.3 is 0 Å². The highest BCUT2D eigenvalue weighted by Crippen LogP contribution is 2.40. The van der Waals surface area contributed by atoms with E-state index in [4.69, 9.17) is 4.42 Å². The second-order valence-corrected chi connectivity index (χ2v) is 8.34. The van der Waals surface area contributed by atoms with Crippen LogP contribution in [-0.2, 0) is 5.41 Å². The van der Waals surface area contributed by atoms with Gasteiger partial charge in [-0.15, -0.1) is 0 Å². The second kappa shape index (κ2) is 5.11. The van der Waals surface area contributed by atoms with Crippen LogP contribution >= 0.6 is 0 Å². The summed E-state index contributed by atoms with van der Waals surface area (Å²) in [7, 11) is 0. The van der Waals surface area contributed by atoms with Gasteiger partial charge < -0.3 is 4.42 Å². The Morgan fingerprint density at radius 3 is 2.27 bits per heavy atom. The summed E-state index contributed by atoms with van der Waals surface area (Å²) in [5.74, 6) is 0. The van der Waals surface area contributed by atoms with Crippen LogP contribution in [0.25, 0.3) is 43.5 Å². The molecule has 1 heterocycles. The van der Waals surface area contributed by atoms with Gasteiger partial charge in [0.25, 0.3) is 0 Å². The first-order valence-electron chi connectivity index (χ1n) is 9.21. The lowest BCUT2D eigenvalue weighted by atomic mass is 9.83. The molecule has 1 nitrogen and oxygen atoms in total. The third-order valence-electron chi connectivity index (χ3n) is 5.46. The predicted octanol–water partition coefficient (Wildman–Crippen LogP) is 7.50. The lowest BCUT2D eigenvalue weighted by Crippen LogP contribution is -2.13. The van der Waals surface area contributed by atoms with E-state index in [9.17, 15) is 0 Å². The van der Waals surface area contributed by atoms with Gasteiger partial charge in [-0.25, -0.2) is 0 Å². The van der Waals surface area contributed by atoms with Crippen molar-refractivity contribution in [2.45, 2.75) is 33.1 Å². The minimum atomic E-state index is 0.0452. The van der Waals surface area contributed by atoms with Crippen LogP contribution < -0.4 is 0 Å². The maximum absolute atomic E-state index is 6.45. The smallest absolute Gasteiger partial charge is 0.139 e. The van der Waals surface area contributed by atoms with Gasteiger partial charge in [0.05, 0.1) is 0 Å². The quantitative estimate of drug-likeness (QED) is 0.266. The fraction of sp³-hybridized carbons (Fsp3) is 0.200. The minimum absolute atomic E-state index is 0.0452. The Morgan fingerprint density at radius 1 is 0.692 bits per heavy atom. The van der Waals surface area contributed by atoms with E-state index in [0.717, 1.165) is 11.2 Å². The molecule has 0 fully saturated rings. The van der Waals surface area contributed by atoms with Gasteiger partial charge in [-0.3, -0.25) is 0 Å². The topological polar surface area (TPSA) is 13.1 Å². The van der Waals surface area contributed by atoms with Gasteiger partial charge in [0.1, 0.15) is 11.2 Å². The molecule has 0 aliphatic carbocycles. The van der Waals surface area contributed by atoms with Crippen molar-refractivity contribution in [3.8, 4) is 0 Å². The van der Waals surface area contributed by atoms with E-state index < -0.39 is 0 Å². The van der Waals surface area contributed by atoms with Gasteiger partial charge in [0, 0.05) is 16.3 Å². The average Bonchev–Trinajstić information content (AvgIpc) is 2.95. The molecule has 5 aromatic rings. The molecular formula is C25H22O. The van der Waals surface area contributed by atoms with Crippen LogP contribution in [0.3, 0.4) is 0 Å². The number of rotatable bonds is 0. The number of aryl methyl sites for hydroxylation is 1. The molecule has 1 heteroatoms. The number of hydrogen-bond donors (Lipinski definition) is 0. The Kier molecular flexibility index (Phi) is 3.04. The Balaban J connectivity index is 1.96. The van der Waals surface area contributed by atoms with E-state index in [1.54, 1.807) is 0 Å². The predicted molar refractivity (Wildman–Crippen MR) is 112 cm³/mol. The summed E-state index contributed by atoms with van der Waals surface area (Å²) in [6, 6.07) is 21.9. The molecule has 0 spiro atoms. The third kappa shape index (κ3) is 2.10. The second-order valence-electron chi connectivity index (χ2n) is 8.34. The third-order valence-corrected chi connectivity index (χ3v) is 5.46. The molecule has 0 aliphatic rings. The molecule has 4 aromatic carbocycles. The summed E-state index contributed by atoms with van der Waals surface area (Å²) < 4.78 is 6.45. The molecule has 0 atom stereocenters. The number of hydrogen-bond acceptors (Lipinski definition) is 1. The number of furan rings is 1. The fourth-order valence-corrected chi connectivity index (χ4v) is 4.37. The first-order chi connectivity index (χ1) is 12.4. The summed E-state index contributed by atoms with van der Waals surface area (Å²) in [5.41, 5.74) is 4.65. The Bertz CT molecular complexity index is 1310. The van der Waals surface area contributed by atoms with E-state index in [-0.39, 0.29) is 5.41 Å². The standard InChI is InChI=1S/C25H22O/c1-15-9-12-19-21-13-17-11-10-16-7-5-6-8-18(16)20(17)14-22(21)26-24(19)23(15)25(2,3)4/h5-14H,1-4H3. The van der Waals surface area contributed by atoms with Crippen LogP contribution in [-0.4, -0.2) is 0 Å². The van der Waals surface area contributed by atoms with Crippen molar-refractivity contribution in [3.05, 3.63) is 71.8 Å². The molecular weight excluding hydrogens is 316 g/mol. The van der Waals surface area contributed by atoms with Crippen molar-refractivity contribution in [1.82, 2.24) is 0 Å². The number of fused-ring (bicyclic) bond motifs is 6. The van der Waals surface area contributed by atoms with Crippen molar-refractivity contribution < 1.29 is 4.42 Å². The molecule has 0 N–H and O–H groups in total. The molecule has 128 valence electrons. The molecule has 0 amide bonds. The summed E-state index contributed by atoms with van der Waals surface area (Å²) in [6.45, 7) is 8.95. The van der Waals surface area contributed by atoms with E-state index in [2.05, 4.69) is 88.4 Å². The largest absolute Gasteiger partial charge is 0.456 e. The van der Waals surface area contributed by atoms with E-state index in [1.807, 2.05) is 0 Å². The summed E-state index contributed by atoms with van der Waals surface area (Å²) in [6.07, 6.45) is 0. The maximum Gasteiger partial charge on any atom is 0.139 e. The van der Waals surface area contributed by atoms with Gasteiger partial charge in [0.15, 0.2) is 0 Å². The Morgan fingerprint density at radius 2 is 1.46 bits per heavy atom. The summed E-state index contributed by atoms with van der Waals surface area (Å²) in [4.78, 5) is 0. The molecule has 0 bridgehead atoms. The van der Waals surface area contributed by atoms with Crippen molar-refractivity contribution >= 4 is 43.5 Å². The van der Waals surface area contributed by atoms with Crippen LogP contribution in [0, 0.1) is 6.92 Å². The SMILES string of the molecule is Cc1ccc2c(oc3cc4c(ccc5ccccc54)cc32)c1C(C)(C)C. The van der Waals surface area contributed by atoms with Crippen molar-refractivity contribution in [3.63, 3.8) is 0 Å². The van der Waals surface area contributed by atoms with Crippen molar-refractivity contribution in [2.24, 2.45) is 0 Å². The monoisotopic (exact) mass is 338 g/mol. The highest BCUT2D eigenvalue weighted by Gasteiger charge is 2.23. The zero-order valence-electron chi connectivity index (χ0n) is 15.7. The Labute approximate surface area is 153 Å². The Hall–Kier alpha value is -2.80. The van der Waals surface area contributed by atoms with E-state index in [1.165, 1.54) is 43.4 Å². The van der Waals surface area contributed by atoms with Gasteiger partial charge in [-0.05, 0) is 51.6 Å². The highest BCUT2D eigenvalue weighted by molar-refractivity contribution is 6.16. The van der Waals surface area contributed by atoms with Crippen LogP contribution in [0.15, 0.2) is 65.1 Å². The van der Waals surface area contributed by atoms with Gasteiger partial charge in [0.2, 0.25) is 0 Å². The van der Waals surface area contributed by atoms with E-state index >= 15 is 0 Å². The first kappa shape index (κ1) is 15.5. The van der Waals surface area contributed by atoms with Gasteiger partial charge in [-0.2, -0.15) is 0 Å². The normalized spacial score (nSPS) is 12.6. The molecule has 0 saturated heterocycles. The van der Waals surface area contributed by atoms with Crippen molar-refractivity contribution in [1.29, 1.82) is 0 Å². The molecule has 0 radical (unpaired) electrons. The molecule has 5 rings (SSSR count). The highest BCUT2D eigenvalue weighted by atomic mass is 16.3. The molecule has 0 saturated carbocycles. The fourth-order valence-electron chi connectivity index (χ4n) is 4.37. The molecule has 1 aromatic heterocycles. The molecule has 0 unspecified atom stereocenters. The average molecular weight is 338 g/mol. The van der Waals surface area contributed by atoms with Crippen LogP contribution in [0.5, 0.6) is 0 Å². The minimum Gasteiger partial charge on any atom is -0.456 e. The zero-order chi connectivity index (χ0) is 18.1. The molecule has 0 aliphatic heterocycles. The molecule has 26 heavy (non-hydrogen) atoms. The maximum atomic E-state index is 6.45. The lowest BCUT2D eigenvalue weighted by molar-refractivity contribution is 0.569. The van der Waals surface area contributed by atoms with Crippen LogP contribution in [0.2, 0.25) is 0 Å². The number of benzene rings is 4. The zero-order valence-corrected chi connectivity index (χ0v) is 15.7. The first-order valence-corrected chi connectivity index (χ1v) is 9.21. The summed E-state index contributed by atoms with van der Waals surface area (Å²) in [5, 5.41) is 7.47. The van der Waals surface area contributed by atoms with Gasteiger partial charge in [-0.1, -0.05) is 69.3 Å². The summed E-state index contributed by atoms with van der Waals surface area (Å²) >= 11 is 0. The van der Waals surface area contributed by atoms with Crippen molar-refractivity contribution in [2.75, 3.05) is 0 Å². The van der Waals surface area contributed by atoms with Crippen LogP contribution in [0.4, 0.5) is 0 Å².